The van der Waals surface area contributed by atoms with E-state index in [4.69, 9.17) is 23.2 Å². The average molecular weight is 259 g/mol. The van der Waals surface area contributed by atoms with Gasteiger partial charge in [-0.15, -0.1) is 23.2 Å². The molecule has 0 saturated carbocycles. The van der Waals surface area contributed by atoms with Crippen molar-refractivity contribution in [2.75, 3.05) is 0 Å². The molecule has 1 nitrogen and oxygen atoms in total. The molecule has 1 unspecified atom stereocenters. The molecular formula is C9H7Cl2F3O. The van der Waals surface area contributed by atoms with E-state index in [0.29, 0.717) is 0 Å². The van der Waals surface area contributed by atoms with E-state index in [2.05, 4.69) is 0 Å². The lowest BCUT2D eigenvalue weighted by molar-refractivity contribution is -0.137. The molecule has 1 atom stereocenters. The molecule has 84 valence electrons. The zero-order valence-electron chi connectivity index (χ0n) is 7.30. The first kappa shape index (κ1) is 12.6. The number of rotatable bonds is 2. The van der Waals surface area contributed by atoms with E-state index in [1.165, 1.54) is 12.1 Å². The second kappa shape index (κ2) is 4.60. The van der Waals surface area contributed by atoms with Crippen molar-refractivity contribution in [2.24, 2.45) is 0 Å². The Morgan fingerprint density at radius 1 is 1.20 bits per heavy atom. The summed E-state index contributed by atoms with van der Waals surface area (Å²) in [6.07, 6.45) is -5.76. The van der Waals surface area contributed by atoms with Gasteiger partial charge in [0.1, 0.15) is 10.9 Å². The van der Waals surface area contributed by atoms with Gasteiger partial charge in [0.15, 0.2) is 0 Å². The standard InChI is InChI=1S/C9H7Cl2F3O/c10-8(11)7(15)5-2-1-3-6(4-5)9(12,13)14/h1-4,7-8,15H. The monoisotopic (exact) mass is 258 g/mol. The van der Waals surface area contributed by atoms with Gasteiger partial charge < -0.3 is 5.11 Å². The molecule has 6 heteroatoms. The summed E-state index contributed by atoms with van der Waals surface area (Å²) in [4.78, 5) is -1.16. The van der Waals surface area contributed by atoms with Crippen LogP contribution in [0.4, 0.5) is 13.2 Å². The first-order valence-corrected chi connectivity index (χ1v) is 4.83. The summed E-state index contributed by atoms with van der Waals surface area (Å²) in [5.41, 5.74) is -0.798. The fourth-order valence-electron chi connectivity index (χ4n) is 1.04. The molecule has 1 aromatic rings. The number of benzene rings is 1. The van der Waals surface area contributed by atoms with Crippen molar-refractivity contribution in [1.29, 1.82) is 0 Å². The SMILES string of the molecule is OC(c1cccc(C(F)(F)F)c1)C(Cl)Cl. The maximum absolute atomic E-state index is 12.3. The average Bonchev–Trinajstić information content (AvgIpc) is 2.15. The zero-order valence-corrected chi connectivity index (χ0v) is 8.81. The number of aliphatic hydroxyl groups is 1. The molecule has 0 saturated heterocycles. The van der Waals surface area contributed by atoms with Crippen LogP contribution < -0.4 is 0 Å². The van der Waals surface area contributed by atoms with Crippen LogP contribution in [0.1, 0.15) is 17.2 Å². The van der Waals surface area contributed by atoms with E-state index in [1.54, 1.807) is 0 Å². The van der Waals surface area contributed by atoms with Crippen LogP contribution in [-0.2, 0) is 6.18 Å². The van der Waals surface area contributed by atoms with E-state index in [1.807, 2.05) is 0 Å². The Hall–Kier alpha value is -0.450. The third-order valence-corrected chi connectivity index (χ3v) is 2.27. The van der Waals surface area contributed by atoms with Gasteiger partial charge in [-0.1, -0.05) is 12.1 Å². The number of aliphatic hydroxyl groups excluding tert-OH is 1. The molecule has 0 fully saturated rings. The summed E-state index contributed by atoms with van der Waals surface area (Å²) >= 11 is 10.7. The molecule has 0 aromatic heterocycles. The van der Waals surface area contributed by atoms with E-state index in [0.717, 1.165) is 12.1 Å². The van der Waals surface area contributed by atoms with Gasteiger partial charge in [0.2, 0.25) is 0 Å². The number of hydrogen-bond donors (Lipinski definition) is 1. The minimum atomic E-state index is -4.44. The minimum absolute atomic E-state index is 0.0415. The molecule has 0 aliphatic carbocycles. The van der Waals surface area contributed by atoms with Crippen LogP contribution in [0.5, 0.6) is 0 Å². The van der Waals surface area contributed by atoms with Crippen molar-refractivity contribution in [3.63, 3.8) is 0 Å². The molecule has 0 radical (unpaired) electrons. The smallest absolute Gasteiger partial charge is 0.386 e. The van der Waals surface area contributed by atoms with Crippen molar-refractivity contribution in [1.82, 2.24) is 0 Å². The number of alkyl halides is 5. The quantitative estimate of drug-likeness (QED) is 0.805. The molecule has 0 aliphatic rings. The molecular weight excluding hydrogens is 252 g/mol. The highest BCUT2D eigenvalue weighted by Crippen LogP contribution is 2.32. The van der Waals surface area contributed by atoms with Gasteiger partial charge in [-0.25, -0.2) is 0 Å². The van der Waals surface area contributed by atoms with E-state index in [-0.39, 0.29) is 5.56 Å². The summed E-state index contributed by atoms with van der Waals surface area (Å²) in [5, 5.41) is 9.36. The molecule has 0 heterocycles. The van der Waals surface area contributed by atoms with Crippen molar-refractivity contribution in [2.45, 2.75) is 17.1 Å². The maximum atomic E-state index is 12.3. The summed E-state index contributed by atoms with van der Waals surface area (Å²) in [6.45, 7) is 0. The maximum Gasteiger partial charge on any atom is 0.416 e. The van der Waals surface area contributed by atoms with E-state index < -0.39 is 22.7 Å². The summed E-state index contributed by atoms with van der Waals surface area (Å²) in [6, 6.07) is 4.26. The number of halogens is 5. The van der Waals surface area contributed by atoms with Gasteiger partial charge >= 0.3 is 6.18 Å². The molecule has 1 aromatic carbocycles. The van der Waals surface area contributed by atoms with Gasteiger partial charge in [0.05, 0.1) is 5.56 Å². The van der Waals surface area contributed by atoms with E-state index >= 15 is 0 Å². The lowest BCUT2D eigenvalue weighted by Gasteiger charge is -2.13. The fraction of sp³-hybridized carbons (Fsp3) is 0.333. The van der Waals surface area contributed by atoms with Crippen LogP contribution in [0, 0.1) is 0 Å². The zero-order chi connectivity index (χ0) is 11.6. The Labute approximate surface area is 94.4 Å². The molecule has 0 amide bonds. The molecule has 1 N–H and O–H groups in total. The largest absolute Gasteiger partial charge is 0.416 e. The second-order valence-electron chi connectivity index (χ2n) is 2.90. The number of hydrogen-bond acceptors (Lipinski definition) is 1. The van der Waals surface area contributed by atoms with Crippen molar-refractivity contribution in [3.05, 3.63) is 35.4 Å². The molecule has 1 rings (SSSR count). The third kappa shape index (κ3) is 3.26. The Bertz CT molecular complexity index is 338. The molecule has 0 bridgehead atoms. The van der Waals surface area contributed by atoms with Crippen LogP contribution in [0.15, 0.2) is 24.3 Å². The lowest BCUT2D eigenvalue weighted by Crippen LogP contribution is -2.09. The van der Waals surface area contributed by atoms with Gasteiger partial charge in [0.25, 0.3) is 0 Å². The van der Waals surface area contributed by atoms with Gasteiger partial charge in [-0.3, -0.25) is 0 Å². The third-order valence-electron chi connectivity index (χ3n) is 1.79. The highest BCUT2D eigenvalue weighted by atomic mass is 35.5. The second-order valence-corrected chi connectivity index (χ2v) is 4.07. The van der Waals surface area contributed by atoms with Crippen molar-refractivity contribution < 1.29 is 18.3 Å². The Morgan fingerprint density at radius 2 is 1.80 bits per heavy atom. The Kier molecular flexibility index (Phi) is 3.87. The fourth-order valence-corrected chi connectivity index (χ4v) is 1.34. The topological polar surface area (TPSA) is 20.2 Å². The summed E-state index contributed by atoms with van der Waals surface area (Å²) in [7, 11) is 0. The predicted molar refractivity (Wildman–Crippen MR) is 51.9 cm³/mol. The van der Waals surface area contributed by atoms with Crippen LogP contribution in [0.25, 0.3) is 0 Å². The van der Waals surface area contributed by atoms with Crippen LogP contribution in [-0.4, -0.2) is 9.94 Å². The van der Waals surface area contributed by atoms with Crippen molar-refractivity contribution >= 4 is 23.2 Å². The Balaban J connectivity index is 3.03. The normalized spacial score (nSPS) is 14.3. The van der Waals surface area contributed by atoms with Gasteiger partial charge in [-0.2, -0.15) is 13.2 Å². The highest BCUT2D eigenvalue weighted by Gasteiger charge is 2.31. The van der Waals surface area contributed by atoms with E-state index in [9.17, 15) is 18.3 Å². The van der Waals surface area contributed by atoms with Crippen molar-refractivity contribution in [3.8, 4) is 0 Å². The van der Waals surface area contributed by atoms with Crippen LogP contribution >= 0.6 is 23.2 Å². The summed E-state index contributed by atoms with van der Waals surface area (Å²) in [5.74, 6) is 0. The van der Waals surface area contributed by atoms with Crippen LogP contribution in [0.3, 0.4) is 0 Å². The molecule has 15 heavy (non-hydrogen) atoms. The molecule has 0 aliphatic heterocycles. The first-order chi connectivity index (χ1) is 6.82. The minimum Gasteiger partial charge on any atom is -0.386 e. The highest BCUT2D eigenvalue weighted by molar-refractivity contribution is 6.44. The van der Waals surface area contributed by atoms with Gasteiger partial charge in [-0.05, 0) is 17.7 Å². The Morgan fingerprint density at radius 3 is 2.27 bits per heavy atom. The summed E-state index contributed by atoms with van der Waals surface area (Å²) < 4.78 is 36.9. The van der Waals surface area contributed by atoms with Gasteiger partial charge in [0, 0.05) is 0 Å². The van der Waals surface area contributed by atoms with Crippen LogP contribution in [0.2, 0.25) is 0 Å². The predicted octanol–water partition coefficient (Wildman–Crippen LogP) is 3.54. The lowest BCUT2D eigenvalue weighted by atomic mass is 10.1. The first-order valence-electron chi connectivity index (χ1n) is 3.95. The molecule has 0 spiro atoms.